The molecule has 3 nitrogen and oxygen atoms in total. The molecule has 1 aliphatic rings. The molecule has 0 aliphatic heterocycles. The molecule has 21 heavy (non-hydrogen) atoms. The summed E-state index contributed by atoms with van der Waals surface area (Å²) in [6, 6.07) is 3.70. The van der Waals surface area contributed by atoms with Crippen molar-refractivity contribution in [2.24, 2.45) is 5.92 Å². The Morgan fingerprint density at radius 2 is 1.95 bits per heavy atom. The van der Waals surface area contributed by atoms with Crippen LogP contribution in [0.4, 0.5) is 15.8 Å². The van der Waals surface area contributed by atoms with Gasteiger partial charge in [0.1, 0.15) is 0 Å². The quantitative estimate of drug-likeness (QED) is 0.766. The predicted molar refractivity (Wildman–Crippen MR) is 86.4 cm³/mol. The molecule has 0 heterocycles. The SMILES string of the molecule is CC(C)CCN(c1cc(OC(C)C)c(F)cc1N)C1CC1. The molecule has 1 saturated carbocycles. The average Bonchev–Trinajstić information content (AvgIpc) is 3.18. The molecule has 2 N–H and O–H groups in total. The molecule has 4 heteroatoms. The van der Waals surface area contributed by atoms with E-state index in [1.165, 1.54) is 18.9 Å². The highest BCUT2D eigenvalue weighted by atomic mass is 19.1. The van der Waals surface area contributed by atoms with E-state index >= 15 is 0 Å². The first-order valence-electron chi connectivity index (χ1n) is 7.90. The summed E-state index contributed by atoms with van der Waals surface area (Å²) in [5.41, 5.74) is 7.47. The summed E-state index contributed by atoms with van der Waals surface area (Å²) in [7, 11) is 0. The van der Waals surface area contributed by atoms with E-state index in [1.54, 1.807) is 6.07 Å². The number of hydrogen-bond donors (Lipinski definition) is 1. The largest absolute Gasteiger partial charge is 0.488 e. The molecule has 0 bridgehead atoms. The van der Waals surface area contributed by atoms with Gasteiger partial charge in [0, 0.05) is 24.7 Å². The van der Waals surface area contributed by atoms with Gasteiger partial charge < -0.3 is 15.4 Å². The van der Waals surface area contributed by atoms with Crippen molar-refractivity contribution in [3.05, 3.63) is 17.9 Å². The van der Waals surface area contributed by atoms with Crippen molar-refractivity contribution in [1.29, 1.82) is 0 Å². The second-order valence-electron chi connectivity index (χ2n) is 6.62. The van der Waals surface area contributed by atoms with Gasteiger partial charge in [-0.3, -0.25) is 0 Å². The molecule has 0 aromatic heterocycles. The van der Waals surface area contributed by atoms with Crippen molar-refractivity contribution in [1.82, 2.24) is 0 Å². The van der Waals surface area contributed by atoms with Gasteiger partial charge in [-0.25, -0.2) is 4.39 Å². The van der Waals surface area contributed by atoms with Gasteiger partial charge in [0.2, 0.25) is 0 Å². The minimum atomic E-state index is -0.385. The third-order valence-corrected chi connectivity index (χ3v) is 3.69. The Balaban J connectivity index is 2.26. The molecule has 0 unspecified atom stereocenters. The summed E-state index contributed by atoms with van der Waals surface area (Å²) < 4.78 is 19.5. The minimum Gasteiger partial charge on any atom is -0.488 e. The van der Waals surface area contributed by atoms with E-state index in [0.717, 1.165) is 18.7 Å². The predicted octanol–water partition coefficient (Wildman–Crippen LogP) is 4.21. The van der Waals surface area contributed by atoms with Gasteiger partial charge in [-0.1, -0.05) is 13.8 Å². The summed E-state index contributed by atoms with van der Waals surface area (Å²) in [6.45, 7) is 9.18. The Morgan fingerprint density at radius 1 is 1.29 bits per heavy atom. The lowest BCUT2D eigenvalue weighted by molar-refractivity contribution is 0.231. The molecule has 2 rings (SSSR count). The fourth-order valence-corrected chi connectivity index (χ4v) is 2.43. The molecule has 0 amide bonds. The van der Waals surface area contributed by atoms with Crippen LogP contribution >= 0.6 is 0 Å². The lowest BCUT2D eigenvalue weighted by Crippen LogP contribution is -2.28. The second kappa shape index (κ2) is 6.54. The van der Waals surface area contributed by atoms with Crippen LogP contribution in [0.1, 0.15) is 47.0 Å². The number of ether oxygens (including phenoxy) is 1. The summed E-state index contributed by atoms with van der Waals surface area (Å²) >= 11 is 0. The van der Waals surface area contributed by atoms with Crippen molar-refractivity contribution < 1.29 is 9.13 Å². The highest BCUT2D eigenvalue weighted by Crippen LogP contribution is 2.38. The Morgan fingerprint density at radius 3 is 2.48 bits per heavy atom. The molecule has 0 spiro atoms. The molecular formula is C17H27FN2O. The maximum absolute atomic E-state index is 14.0. The third kappa shape index (κ3) is 4.26. The van der Waals surface area contributed by atoms with Crippen molar-refractivity contribution in [2.45, 2.75) is 59.1 Å². The van der Waals surface area contributed by atoms with Gasteiger partial charge in [-0.2, -0.15) is 0 Å². The van der Waals surface area contributed by atoms with Crippen molar-refractivity contribution in [3.8, 4) is 5.75 Å². The van der Waals surface area contributed by atoms with Crippen LogP contribution in [-0.2, 0) is 0 Å². The number of nitrogens with two attached hydrogens (primary N) is 1. The van der Waals surface area contributed by atoms with E-state index in [2.05, 4.69) is 18.7 Å². The molecule has 0 saturated heterocycles. The van der Waals surface area contributed by atoms with E-state index in [4.69, 9.17) is 10.5 Å². The molecule has 1 fully saturated rings. The highest BCUT2D eigenvalue weighted by Gasteiger charge is 2.30. The first-order chi connectivity index (χ1) is 9.88. The van der Waals surface area contributed by atoms with Crippen LogP contribution in [-0.4, -0.2) is 18.7 Å². The van der Waals surface area contributed by atoms with Crippen molar-refractivity contribution in [2.75, 3.05) is 17.2 Å². The topological polar surface area (TPSA) is 38.5 Å². The number of nitrogens with zero attached hydrogens (tertiary/aromatic N) is 1. The third-order valence-electron chi connectivity index (χ3n) is 3.69. The average molecular weight is 294 g/mol. The molecule has 1 aliphatic carbocycles. The summed E-state index contributed by atoms with van der Waals surface area (Å²) in [4.78, 5) is 2.32. The van der Waals surface area contributed by atoms with Crippen molar-refractivity contribution in [3.63, 3.8) is 0 Å². The number of halogens is 1. The van der Waals surface area contributed by atoms with Gasteiger partial charge in [0.15, 0.2) is 11.6 Å². The van der Waals surface area contributed by atoms with E-state index in [1.807, 2.05) is 13.8 Å². The van der Waals surface area contributed by atoms with E-state index < -0.39 is 0 Å². The molecule has 118 valence electrons. The number of benzene rings is 1. The van der Waals surface area contributed by atoms with Crippen LogP contribution in [0.5, 0.6) is 5.75 Å². The van der Waals surface area contributed by atoms with Crippen LogP contribution < -0.4 is 15.4 Å². The maximum atomic E-state index is 14.0. The molecule has 1 aromatic carbocycles. The molecule has 0 radical (unpaired) electrons. The Hall–Kier alpha value is -1.45. The first-order valence-corrected chi connectivity index (χ1v) is 7.90. The highest BCUT2D eigenvalue weighted by molar-refractivity contribution is 5.71. The summed E-state index contributed by atoms with van der Waals surface area (Å²) in [5.74, 6) is 0.549. The van der Waals surface area contributed by atoms with Crippen LogP contribution in [0.25, 0.3) is 0 Å². The van der Waals surface area contributed by atoms with Crippen LogP contribution in [0.3, 0.4) is 0 Å². The minimum absolute atomic E-state index is 0.0546. The van der Waals surface area contributed by atoms with Gasteiger partial charge in [0.05, 0.1) is 17.5 Å². The maximum Gasteiger partial charge on any atom is 0.167 e. The lowest BCUT2D eigenvalue weighted by atomic mass is 10.1. The normalized spacial score (nSPS) is 14.8. The van der Waals surface area contributed by atoms with Gasteiger partial charge in [0.25, 0.3) is 0 Å². The van der Waals surface area contributed by atoms with Gasteiger partial charge in [-0.05, 0) is 39.0 Å². The smallest absolute Gasteiger partial charge is 0.167 e. The van der Waals surface area contributed by atoms with Gasteiger partial charge in [-0.15, -0.1) is 0 Å². The standard InChI is InChI=1S/C17H27FN2O/c1-11(2)7-8-20(13-5-6-13)16-10-17(21-12(3)4)14(18)9-15(16)19/h9-13H,5-8,19H2,1-4H3. The summed E-state index contributed by atoms with van der Waals surface area (Å²) in [6.07, 6.45) is 3.43. The number of hydrogen-bond acceptors (Lipinski definition) is 3. The zero-order valence-corrected chi connectivity index (χ0v) is 13.5. The summed E-state index contributed by atoms with van der Waals surface area (Å²) in [5, 5.41) is 0. The van der Waals surface area contributed by atoms with Gasteiger partial charge >= 0.3 is 0 Å². The molecular weight excluding hydrogens is 267 g/mol. The molecule has 0 atom stereocenters. The van der Waals surface area contributed by atoms with E-state index in [-0.39, 0.29) is 11.9 Å². The fraction of sp³-hybridized carbons (Fsp3) is 0.647. The van der Waals surface area contributed by atoms with Crippen LogP contribution in [0.2, 0.25) is 0 Å². The van der Waals surface area contributed by atoms with Crippen molar-refractivity contribution >= 4 is 11.4 Å². The second-order valence-corrected chi connectivity index (χ2v) is 6.62. The molecule has 1 aromatic rings. The number of nitrogen functional groups attached to an aromatic ring is 1. The number of rotatable bonds is 7. The first kappa shape index (κ1) is 15.9. The Labute approximate surface area is 127 Å². The zero-order valence-electron chi connectivity index (χ0n) is 13.5. The number of anilines is 2. The van der Waals surface area contributed by atoms with E-state index in [9.17, 15) is 4.39 Å². The van der Waals surface area contributed by atoms with E-state index in [0.29, 0.717) is 23.4 Å². The fourth-order valence-electron chi connectivity index (χ4n) is 2.43. The lowest BCUT2D eigenvalue weighted by Gasteiger charge is -2.28. The van der Waals surface area contributed by atoms with Crippen LogP contribution in [0, 0.1) is 11.7 Å². The van der Waals surface area contributed by atoms with Crippen LogP contribution in [0.15, 0.2) is 12.1 Å². The Bertz CT molecular complexity index is 484. The monoisotopic (exact) mass is 294 g/mol. The Kier molecular flexibility index (Phi) is 4.96. The zero-order chi connectivity index (χ0) is 15.6.